The lowest BCUT2D eigenvalue weighted by atomic mass is 9.90. The van der Waals surface area contributed by atoms with Crippen molar-refractivity contribution in [2.45, 2.75) is 33.6 Å². The Kier molecular flexibility index (Phi) is 7.26. The Morgan fingerprint density at radius 1 is 1.24 bits per heavy atom. The van der Waals surface area contributed by atoms with E-state index >= 15 is 0 Å². The van der Waals surface area contributed by atoms with Gasteiger partial charge in [-0.25, -0.2) is 0 Å². The maximum Gasteiger partial charge on any atom is 0.221 e. The zero-order valence-corrected chi connectivity index (χ0v) is 15.9. The molecule has 2 N–H and O–H groups in total. The molecule has 25 heavy (non-hydrogen) atoms. The molecular formula is C20H33N3O2. The maximum absolute atomic E-state index is 12.0. The zero-order valence-electron chi connectivity index (χ0n) is 15.9. The Balaban J connectivity index is 1.67. The van der Waals surface area contributed by atoms with E-state index in [9.17, 15) is 4.79 Å². The first-order valence-electron chi connectivity index (χ1n) is 9.31. The number of carbonyl (C=O) groups is 1. The summed E-state index contributed by atoms with van der Waals surface area (Å²) in [6.45, 7) is 11.9. The number of aryl methyl sites for hydroxylation is 1. The fraction of sp³-hybridized carbons (Fsp3) is 0.650. The molecule has 0 bridgehead atoms. The van der Waals surface area contributed by atoms with Crippen LogP contribution in [0, 0.1) is 12.3 Å². The Labute approximate surface area is 152 Å². The van der Waals surface area contributed by atoms with E-state index in [2.05, 4.69) is 60.2 Å². The Bertz CT molecular complexity index is 552. The molecule has 5 nitrogen and oxygen atoms in total. The number of hydrogen-bond acceptors (Lipinski definition) is 4. The van der Waals surface area contributed by atoms with E-state index in [0.29, 0.717) is 19.4 Å². The predicted octanol–water partition coefficient (Wildman–Crippen LogP) is 2.03. The lowest BCUT2D eigenvalue weighted by Crippen LogP contribution is -2.47. The maximum atomic E-state index is 12.0. The minimum atomic E-state index is -0.0517. The molecule has 0 spiro atoms. The van der Waals surface area contributed by atoms with E-state index in [0.717, 1.165) is 32.7 Å². The Morgan fingerprint density at radius 2 is 1.96 bits per heavy atom. The number of carbonyl (C=O) groups excluding carboxylic acids is 1. The number of anilines is 1. The van der Waals surface area contributed by atoms with Crippen LogP contribution in [0.2, 0.25) is 0 Å². The highest BCUT2D eigenvalue weighted by atomic mass is 16.3. The number of piperazine rings is 1. The second kappa shape index (κ2) is 9.20. The van der Waals surface area contributed by atoms with Crippen molar-refractivity contribution in [3.63, 3.8) is 0 Å². The lowest BCUT2D eigenvalue weighted by Gasteiger charge is -2.36. The number of aliphatic hydroxyl groups excluding tert-OH is 1. The summed E-state index contributed by atoms with van der Waals surface area (Å²) >= 11 is 0. The van der Waals surface area contributed by atoms with Crippen LogP contribution in [0.25, 0.3) is 0 Å². The second-order valence-corrected chi connectivity index (χ2v) is 7.83. The number of amides is 1. The Morgan fingerprint density at radius 3 is 2.60 bits per heavy atom. The molecule has 0 aromatic heterocycles. The summed E-state index contributed by atoms with van der Waals surface area (Å²) in [7, 11) is 0. The average Bonchev–Trinajstić information content (AvgIpc) is 2.59. The van der Waals surface area contributed by atoms with Crippen LogP contribution in [0.4, 0.5) is 5.69 Å². The van der Waals surface area contributed by atoms with Crippen molar-refractivity contribution in [2.75, 3.05) is 50.8 Å². The van der Waals surface area contributed by atoms with Gasteiger partial charge in [0.2, 0.25) is 5.91 Å². The molecule has 0 unspecified atom stereocenters. The summed E-state index contributed by atoms with van der Waals surface area (Å²) in [5.41, 5.74) is 2.54. The van der Waals surface area contributed by atoms with E-state index in [1.807, 2.05) is 0 Å². The van der Waals surface area contributed by atoms with E-state index in [1.54, 1.807) is 0 Å². The molecule has 1 saturated heterocycles. The molecule has 1 fully saturated rings. The quantitative estimate of drug-likeness (QED) is 0.756. The zero-order chi connectivity index (χ0) is 18.3. The largest absolute Gasteiger partial charge is 0.396 e. The highest BCUT2D eigenvalue weighted by molar-refractivity contribution is 5.76. The predicted molar refractivity (Wildman–Crippen MR) is 103 cm³/mol. The fourth-order valence-electron chi connectivity index (χ4n) is 3.13. The summed E-state index contributed by atoms with van der Waals surface area (Å²) in [5, 5.41) is 12.0. The van der Waals surface area contributed by atoms with Gasteiger partial charge in [-0.1, -0.05) is 26.0 Å². The second-order valence-electron chi connectivity index (χ2n) is 7.83. The molecule has 1 heterocycles. The monoisotopic (exact) mass is 347 g/mol. The molecule has 0 aliphatic carbocycles. The number of hydrogen-bond donors (Lipinski definition) is 2. The molecule has 0 radical (unpaired) electrons. The van der Waals surface area contributed by atoms with Crippen LogP contribution in [0.3, 0.4) is 0 Å². The molecule has 1 aliphatic heterocycles. The van der Waals surface area contributed by atoms with E-state index in [1.165, 1.54) is 11.3 Å². The van der Waals surface area contributed by atoms with Crippen LogP contribution in [0.5, 0.6) is 0 Å². The van der Waals surface area contributed by atoms with E-state index < -0.39 is 0 Å². The third-order valence-corrected chi connectivity index (χ3v) is 4.95. The molecule has 1 aromatic carbocycles. The van der Waals surface area contributed by atoms with Crippen LogP contribution < -0.4 is 10.2 Å². The molecule has 0 atom stereocenters. The number of aliphatic hydroxyl groups is 1. The molecule has 1 amide bonds. The highest BCUT2D eigenvalue weighted by Crippen LogP contribution is 2.19. The lowest BCUT2D eigenvalue weighted by molar-refractivity contribution is -0.121. The number of nitrogens with zero attached hydrogens (tertiary/aromatic N) is 2. The highest BCUT2D eigenvalue weighted by Gasteiger charge is 2.20. The normalized spacial score (nSPS) is 16.1. The summed E-state index contributed by atoms with van der Waals surface area (Å²) in [6, 6.07) is 8.64. The Hall–Kier alpha value is -1.59. The van der Waals surface area contributed by atoms with E-state index in [4.69, 9.17) is 5.11 Å². The SMILES string of the molecule is Cc1cccc(N2CCN(CCC(=O)NCC(C)(C)CCO)CC2)c1. The van der Waals surface area contributed by atoms with Gasteiger partial charge in [0.25, 0.3) is 0 Å². The fourth-order valence-corrected chi connectivity index (χ4v) is 3.13. The van der Waals surface area contributed by atoms with Gasteiger partial charge in [-0.2, -0.15) is 0 Å². The average molecular weight is 348 g/mol. The van der Waals surface area contributed by atoms with Crippen LogP contribution >= 0.6 is 0 Å². The van der Waals surface area contributed by atoms with Gasteiger partial charge in [-0.15, -0.1) is 0 Å². The van der Waals surface area contributed by atoms with Crippen LogP contribution in [0.15, 0.2) is 24.3 Å². The molecule has 5 heteroatoms. The topological polar surface area (TPSA) is 55.8 Å². The molecule has 140 valence electrons. The molecular weight excluding hydrogens is 314 g/mol. The smallest absolute Gasteiger partial charge is 0.221 e. The van der Waals surface area contributed by atoms with Crippen molar-refractivity contribution >= 4 is 11.6 Å². The van der Waals surface area contributed by atoms with Crippen molar-refractivity contribution < 1.29 is 9.90 Å². The first-order valence-corrected chi connectivity index (χ1v) is 9.31. The van der Waals surface area contributed by atoms with Gasteiger partial charge < -0.3 is 15.3 Å². The molecule has 1 aromatic rings. The van der Waals surface area contributed by atoms with Crippen molar-refractivity contribution in [1.82, 2.24) is 10.2 Å². The van der Waals surface area contributed by atoms with Gasteiger partial charge in [-0.05, 0) is 36.5 Å². The minimum absolute atomic E-state index is 0.0517. The van der Waals surface area contributed by atoms with Crippen LogP contribution in [-0.4, -0.2) is 61.8 Å². The van der Waals surface area contributed by atoms with Gasteiger partial charge in [0, 0.05) is 58.0 Å². The molecule has 2 rings (SSSR count). The third-order valence-electron chi connectivity index (χ3n) is 4.95. The van der Waals surface area contributed by atoms with Crippen LogP contribution in [-0.2, 0) is 4.79 Å². The summed E-state index contributed by atoms with van der Waals surface area (Å²) in [4.78, 5) is 16.8. The van der Waals surface area contributed by atoms with Gasteiger partial charge in [0.15, 0.2) is 0 Å². The summed E-state index contributed by atoms with van der Waals surface area (Å²) < 4.78 is 0. The van der Waals surface area contributed by atoms with Crippen molar-refractivity contribution in [1.29, 1.82) is 0 Å². The molecule has 1 aliphatic rings. The van der Waals surface area contributed by atoms with Crippen molar-refractivity contribution in [3.8, 4) is 0 Å². The van der Waals surface area contributed by atoms with E-state index in [-0.39, 0.29) is 17.9 Å². The standard InChI is InChI=1S/C20H33N3O2/c1-17-5-4-6-18(15-17)23-12-10-22(11-13-23)9-7-19(25)21-16-20(2,3)8-14-24/h4-6,15,24H,7-14,16H2,1-3H3,(H,21,25). The van der Waals surface area contributed by atoms with Gasteiger partial charge in [-0.3, -0.25) is 9.69 Å². The minimum Gasteiger partial charge on any atom is -0.396 e. The van der Waals surface area contributed by atoms with Gasteiger partial charge >= 0.3 is 0 Å². The first-order chi connectivity index (χ1) is 11.9. The molecule has 0 saturated carbocycles. The first kappa shape index (κ1) is 19.7. The van der Waals surface area contributed by atoms with Gasteiger partial charge in [0.1, 0.15) is 0 Å². The number of benzene rings is 1. The van der Waals surface area contributed by atoms with Crippen molar-refractivity contribution in [3.05, 3.63) is 29.8 Å². The van der Waals surface area contributed by atoms with Crippen molar-refractivity contribution in [2.24, 2.45) is 5.41 Å². The summed E-state index contributed by atoms with van der Waals surface area (Å²) in [5.74, 6) is 0.104. The van der Waals surface area contributed by atoms with Crippen LogP contribution in [0.1, 0.15) is 32.3 Å². The summed E-state index contributed by atoms with van der Waals surface area (Å²) in [6.07, 6.45) is 1.24. The number of rotatable bonds is 8. The third kappa shape index (κ3) is 6.67. The number of nitrogens with one attached hydrogen (secondary N) is 1. The van der Waals surface area contributed by atoms with Gasteiger partial charge in [0.05, 0.1) is 0 Å².